The number of nitrogens with zero attached hydrogens (tertiary/aromatic N) is 3. The zero-order valence-electron chi connectivity index (χ0n) is 17.5. The summed E-state index contributed by atoms with van der Waals surface area (Å²) >= 11 is 1.19. The number of carbonyl (C=O) groups is 1. The highest BCUT2D eigenvalue weighted by molar-refractivity contribution is 7.91. The summed E-state index contributed by atoms with van der Waals surface area (Å²) in [7, 11) is -3.50. The van der Waals surface area contributed by atoms with Crippen LogP contribution < -0.4 is 10.0 Å². The summed E-state index contributed by atoms with van der Waals surface area (Å²) < 4.78 is 43.4. The Kier molecular flexibility index (Phi) is 6.70. The molecule has 1 aliphatic rings. The molecule has 0 unspecified atom stereocenters. The smallest absolute Gasteiger partial charge is 0.250 e. The molecule has 1 aromatic carbocycles. The Labute approximate surface area is 190 Å². The van der Waals surface area contributed by atoms with Gasteiger partial charge in [-0.2, -0.15) is 5.10 Å². The monoisotopic (exact) mass is 477 g/mol. The van der Waals surface area contributed by atoms with Crippen LogP contribution in [0.4, 0.5) is 10.2 Å². The lowest BCUT2D eigenvalue weighted by molar-refractivity contribution is -0.117. The number of piperidine rings is 1. The van der Waals surface area contributed by atoms with Gasteiger partial charge in [-0.1, -0.05) is 18.2 Å². The quantitative estimate of drug-likeness (QED) is 0.546. The van der Waals surface area contributed by atoms with E-state index >= 15 is 0 Å². The minimum absolute atomic E-state index is 0.159. The summed E-state index contributed by atoms with van der Waals surface area (Å²) in [6.45, 7) is 3.12. The molecule has 0 aliphatic carbocycles. The van der Waals surface area contributed by atoms with Crippen molar-refractivity contribution in [2.24, 2.45) is 0 Å². The number of likely N-dealkylation sites (tertiary alicyclic amines) is 1. The van der Waals surface area contributed by atoms with E-state index in [4.69, 9.17) is 0 Å². The highest BCUT2D eigenvalue weighted by Crippen LogP contribution is 2.21. The van der Waals surface area contributed by atoms with E-state index in [1.165, 1.54) is 22.1 Å². The highest BCUT2D eigenvalue weighted by atomic mass is 32.2. The summed E-state index contributed by atoms with van der Waals surface area (Å²) in [6.07, 6.45) is 1.23. The van der Waals surface area contributed by atoms with Gasteiger partial charge in [0.15, 0.2) is 0 Å². The van der Waals surface area contributed by atoms with Gasteiger partial charge >= 0.3 is 0 Å². The Bertz CT molecular complexity index is 1190. The van der Waals surface area contributed by atoms with Crippen molar-refractivity contribution in [3.63, 3.8) is 0 Å². The summed E-state index contributed by atoms with van der Waals surface area (Å²) in [5, 5.41) is 8.84. The number of aryl methyl sites for hydroxylation is 1. The van der Waals surface area contributed by atoms with Crippen molar-refractivity contribution in [3.8, 4) is 5.69 Å². The van der Waals surface area contributed by atoms with Gasteiger partial charge < -0.3 is 5.32 Å². The van der Waals surface area contributed by atoms with Crippen LogP contribution >= 0.6 is 11.3 Å². The van der Waals surface area contributed by atoms with Gasteiger partial charge in [-0.15, -0.1) is 11.3 Å². The lowest BCUT2D eigenvalue weighted by atomic mass is 10.1. The zero-order chi connectivity index (χ0) is 22.7. The predicted octanol–water partition coefficient (Wildman–Crippen LogP) is 2.76. The van der Waals surface area contributed by atoms with Crippen molar-refractivity contribution in [2.45, 2.75) is 30.0 Å². The molecule has 8 nitrogen and oxygen atoms in total. The molecule has 1 saturated heterocycles. The van der Waals surface area contributed by atoms with Crippen LogP contribution in [-0.4, -0.2) is 54.7 Å². The molecule has 2 aromatic heterocycles. The number of para-hydroxylation sites is 1. The fourth-order valence-corrected chi connectivity index (χ4v) is 6.00. The second-order valence-corrected chi connectivity index (χ2v) is 10.6. The molecule has 2 N–H and O–H groups in total. The van der Waals surface area contributed by atoms with Crippen LogP contribution in [0.5, 0.6) is 0 Å². The molecule has 4 rings (SSSR count). The van der Waals surface area contributed by atoms with E-state index in [1.807, 2.05) is 4.90 Å². The number of thiophene rings is 1. The second kappa shape index (κ2) is 9.49. The molecular formula is C21H24FN5O3S2. The summed E-state index contributed by atoms with van der Waals surface area (Å²) in [6, 6.07) is 11.1. The molecular weight excluding hydrogens is 453 g/mol. The Balaban J connectivity index is 1.32. The van der Waals surface area contributed by atoms with Crippen molar-refractivity contribution in [1.82, 2.24) is 19.4 Å². The molecule has 3 aromatic rings. The van der Waals surface area contributed by atoms with Crippen LogP contribution in [0.2, 0.25) is 0 Å². The third kappa shape index (κ3) is 5.23. The first-order valence-electron chi connectivity index (χ1n) is 10.2. The number of anilines is 1. The van der Waals surface area contributed by atoms with E-state index in [0.29, 0.717) is 41.7 Å². The maximum Gasteiger partial charge on any atom is 0.250 e. The van der Waals surface area contributed by atoms with Crippen LogP contribution in [0.3, 0.4) is 0 Å². The van der Waals surface area contributed by atoms with Gasteiger partial charge in [-0.3, -0.25) is 9.69 Å². The molecule has 32 heavy (non-hydrogen) atoms. The van der Waals surface area contributed by atoms with Gasteiger partial charge in [-0.25, -0.2) is 22.2 Å². The van der Waals surface area contributed by atoms with Gasteiger partial charge in [-0.05, 0) is 43.3 Å². The first-order chi connectivity index (χ1) is 15.3. The molecule has 3 heterocycles. The molecule has 1 aliphatic heterocycles. The van der Waals surface area contributed by atoms with E-state index < -0.39 is 15.8 Å². The van der Waals surface area contributed by atoms with Gasteiger partial charge in [0.1, 0.15) is 21.5 Å². The molecule has 11 heteroatoms. The number of rotatable bonds is 7. The molecule has 0 radical (unpaired) electrons. The number of hydrogen-bond donors (Lipinski definition) is 2. The number of halogens is 1. The summed E-state index contributed by atoms with van der Waals surface area (Å²) in [5.41, 5.74) is 0.914. The molecule has 0 bridgehead atoms. The third-order valence-corrected chi connectivity index (χ3v) is 8.13. The number of aromatic nitrogens is 2. The molecule has 170 valence electrons. The van der Waals surface area contributed by atoms with Gasteiger partial charge in [0.05, 0.1) is 12.2 Å². The maximum atomic E-state index is 14.2. The van der Waals surface area contributed by atoms with Gasteiger partial charge in [0, 0.05) is 25.2 Å². The SMILES string of the molecule is Cc1cc(NC(=O)CN2CCC(NS(=O)(=O)c3cccs3)CC2)n(-c2ccccc2F)n1. The lowest BCUT2D eigenvalue weighted by Gasteiger charge is -2.31. The van der Waals surface area contributed by atoms with Crippen molar-refractivity contribution in [3.05, 3.63) is 59.4 Å². The van der Waals surface area contributed by atoms with Crippen LogP contribution in [0.15, 0.2) is 52.1 Å². The van der Waals surface area contributed by atoms with Crippen molar-refractivity contribution in [1.29, 1.82) is 0 Å². The van der Waals surface area contributed by atoms with Crippen LogP contribution in [0.25, 0.3) is 5.69 Å². The second-order valence-electron chi connectivity index (χ2n) is 7.69. The molecule has 0 spiro atoms. The van der Waals surface area contributed by atoms with E-state index in [1.54, 1.807) is 48.7 Å². The number of carbonyl (C=O) groups excluding carboxylic acids is 1. The summed E-state index contributed by atoms with van der Waals surface area (Å²) in [5.74, 6) is -0.269. The number of nitrogens with one attached hydrogen (secondary N) is 2. The van der Waals surface area contributed by atoms with Crippen molar-refractivity contribution < 1.29 is 17.6 Å². The standard InChI is InChI=1S/C21H24FN5O3S2/c1-15-13-19(27(24-15)18-6-3-2-5-17(18)22)23-20(28)14-26-10-8-16(9-11-26)25-32(29,30)21-7-4-12-31-21/h2-7,12-13,16,25H,8-11,14H2,1H3,(H,23,28). The largest absolute Gasteiger partial charge is 0.309 e. The number of hydrogen-bond acceptors (Lipinski definition) is 6. The van der Waals surface area contributed by atoms with Crippen LogP contribution in [0, 0.1) is 12.7 Å². The first-order valence-corrected chi connectivity index (χ1v) is 12.6. The lowest BCUT2D eigenvalue weighted by Crippen LogP contribution is -2.46. The average Bonchev–Trinajstić information content (AvgIpc) is 3.40. The minimum Gasteiger partial charge on any atom is -0.309 e. The van der Waals surface area contributed by atoms with Gasteiger partial charge in [0.2, 0.25) is 15.9 Å². The van der Waals surface area contributed by atoms with Crippen LogP contribution in [-0.2, 0) is 14.8 Å². The average molecular weight is 478 g/mol. The maximum absolute atomic E-state index is 14.2. The van der Waals surface area contributed by atoms with Crippen molar-refractivity contribution in [2.75, 3.05) is 25.0 Å². The van der Waals surface area contributed by atoms with Crippen LogP contribution in [0.1, 0.15) is 18.5 Å². The molecule has 1 amide bonds. The summed E-state index contributed by atoms with van der Waals surface area (Å²) in [4.78, 5) is 14.6. The Morgan fingerprint density at radius 2 is 1.97 bits per heavy atom. The van der Waals surface area contributed by atoms with E-state index in [2.05, 4.69) is 15.1 Å². The fraction of sp³-hybridized carbons (Fsp3) is 0.333. The third-order valence-electron chi connectivity index (χ3n) is 5.22. The number of benzene rings is 1. The predicted molar refractivity (Wildman–Crippen MR) is 121 cm³/mol. The Hall–Kier alpha value is -2.60. The minimum atomic E-state index is -3.50. The topological polar surface area (TPSA) is 96.3 Å². The zero-order valence-corrected chi connectivity index (χ0v) is 19.1. The molecule has 1 fully saturated rings. The first kappa shape index (κ1) is 22.6. The van der Waals surface area contributed by atoms with E-state index in [9.17, 15) is 17.6 Å². The highest BCUT2D eigenvalue weighted by Gasteiger charge is 2.26. The molecule has 0 saturated carbocycles. The van der Waals surface area contributed by atoms with Crippen molar-refractivity contribution >= 4 is 33.1 Å². The Morgan fingerprint density at radius 1 is 1.22 bits per heavy atom. The van der Waals surface area contributed by atoms with Gasteiger partial charge in [0.25, 0.3) is 0 Å². The van der Waals surface area contributed by atoms with E-state index in [-0.39, 0.29) is 24.2 Å². The molecule has 0 atom stereocenters. The van der Waals surface area contributed by atoms with E-state index in [0.717, 1.165) is 0 Å². The number of amides is 1. The normalized spacial score (nSPS) is 15.7. The fourth-order valence-electron chi connectivity index (χ4n) is 3.68. The number of sulfonamides is 1. The Morgan fingerprint density at radius 3 is 2.66 bits per heavy atom.